The minimum Gasteiger partial charge on any atom is -0.303 e. The summed E-state index contributed by atoms with van der Waals surface area (Å²) >= 11 is 0. The van der Waals surface area contributed by atoms with Crippen LogP contribution in [0.2, 0.25) is 0 Å². The van der Waals surface area contributed by atoms with Gasteiger partial charge in [-0.15, -0.1) is 0 Å². The van der Waals surface area contributed by atoms with Crippen molar-refractivity contribution in [2.24, 2.45) is 17.8 Å². The largest absolute Gasteiger partial charge is 0.303 e. The Morgan fingerprint density at radius 3 is 2.00 bits per heavy atom. The van der Waals surface area contributed by atoms with Crippen LogP contribution in [0.3, 0.4) is 0 Å². The lowest BCUT2D eigenvalue weighted by atomic mass is 10.0. The fourth-order valence-electron chi connectivity index (χ4n) is 1.61. The van der Waals surface area contributed by atoms with Crippen LogP contribution in [0.25, 0.3) is 0 Å². The highest BCUT2D eigenvalue weighted by molar-refractivity contribution is 5.60. The Morgan fingerprint density at radius 2 is 1.86 bits per heavy atom. The highest BCUT2D eigenvalue weighted by Crippen LogP contribution is 2.59. The van der Waals surface area contributed by atoms with E-state index in [2.05, 4.69) is 0 Å². The van der Waals surface area contributed by atoms with Crippen LogP contribution in [-0.4, -0.2) is 6.29 Å². The smallest absolute Gasteiger partial charge is 0.123 e. The molecule has 0 bridgehead atoms. The van der Waals surface area contributed by atoms with Crippen molar-refractivity contribution in [3.8, 4) is 0 Å². The van der Waals surface area contributed by atoms with E-state index in [4.69, 9.17) is 0 Å². The maximum Gasteiger partial charge on any atom is 0.123 e. The first-order valence-corrected chi connectivity index (χ1v) is 2.89. The van der Waals surface area contributed by atoms with E-state index in [1.807, 2.05) is 0 Å². The zero-order valence-electron chi connectivity index (χ0n) is 4.13. The Kier molecular flexibility index (Phi) is 0.473. The van der Waals surface area contributed by atoms with Gasteiger partial charge in [-0.2, -0.15) is 0 Å². The zero-order valence-corrected chi connectivity index (χ0v) is 4.13. The number of rotatable bonds is 1. The molecule has 2 saturated carbocycles. The lowest BCUT2D eigenvalue weighted by Gasteiger charge is -2.04. The van der Waals surface area contributed by atoms with Crippen LogP contribution in [0.15, 0.2) is 0 Å². The molecule has 0 aromatic heterocycles. The number of fused-ring (bicyclic) bond motifs is 1. The number of hydrogen-bond acceptors (Lipinski definition) is 1. The number of hydrogen-bond donors (Lipinski definition) is 0. The molecule has 1 nitrogen and oxygen atoms in total. The lowest BCUT2D eigenvalue weighted by Crippen LogP contribution is -1.93. The van der Waals surface area contributed by atoms with E-state index in [0.717, 1.165) is 18.1 Å². The van der Waals surface area contributed by atoms with Crippen LogP contribution >= 0.6 is 0 Å². The van der Waals surface area contributed by atoms with E-state index in [0.29, 0.717) is 5.92 Å². The molecule has 1 heteroatoms. The SMILES string of the molecule is O=CC1[C@H]2CC[C@@H]12. The Hall–Kier alpha value is -0.330. The van der Waals surface area contributed by atoms with Gasteiger partial charge in [0.15, 0.2) is 0 Å². The van der Waals surface area contributed by atoms with Gasteiger partial charge >= 0.3 is 0 Å². The summed E-state index contributed by atoms with van der Waals surface area (Å²) in [7, 11) is 0. The van der Waals surface area contributed by atoms with E-state index in [-0.39, 0.29) is 0 Å². The van der Waals surface area contributed by atoms with Gasteiger partial charge in [0.05, 0.1) is 0 Å². The molecule has 0 amide bonds. The van der Waals surface area contributed by atoms with Gasteiger partial charge in [-0.1, -0.05) is 0 Å². The zero-order chi connectivity index (χ0) is 4.85. The summed E-state index contributed by atoms with van der Waals surface area (Å²) < 4.78 is 0. The van der Waals surface area contributed by atoms with Gasteiger partial charge in [0.25, 0.3) is 0 Å². The normalized spacial score (nSPS) is 54.6. The summed E-state index contributed by atoms with van der Waals surface area (Å²) in [5.41, 5.74) is 0. The van der Waals surface area contributed by atoms with Gasteiger partial charge in [0.2, 0.25) is 0 Å². The molecule has 0 N–H and O–H groups in total. The molecule has 0 aromatic rings. The summed E-state index contributed by atoms with van der Waals surface area (Å²) in [6.45, 7) is 0. The lowest BCUT2D eigenvalue weighted by molar-refractivity contribution is -0.109. The maximum atomic E-state index is 10.0. The van der Waals surface area contributed by atoms with Crippen LogP contribution in [0.1, 0.15) is 12.8 Å². The number of carbonyl (C=O) groups is 1. The maximum absolute atomic E-state index is 10.0. The molecule has 38 valence electrons. The first-order chi connectivity index (χ1) is 3.43. The van der Waals surface area contributed by atoms with E-state index in [1.54, 1.807) is 0 Å². The molecule has 2 rings (SSSR count). The molecule has 0 aliphatic heterocycles. The first kappa shape index (κ1) is 3.65. The van der Waals surface area contributed by atoms with Gasteiger partial charge in [-0.25, -0.2) is 0 Å². The predicted molar refractivity (Wildman–Crippen MR) is 25.8 cm³/mol. The standard InChI is InChI=1S/C6H8O/c7-3-6-4-1-2-5(4)6/h3-6H,1-2H2/t4-,5+,6?. The third-order valence-electron chi connectivity index (χ3n) is 2.39. The highest BCUT2D eigenvalue weighted by Gasteiger charge is 2.56. The minimum absolute atomic E-state index is 0.500. The first-order valence-electron chi connectivity index (χ1n) is 2.89. The Labute approximate surface area is 42.7 Å². The van der Waals surface area contributed by atoms with Crippen molar-refractivity contribution in [2.45, 2.75) is 12.8 Å². The molecule has 3 atom stereocenters. The third-order valence-corrected chi connectivity index (χ3v) is 2.39. The summed E-state index contributed by atoms with van der Waals surface area (Å²) in [5.74, 6) is 2.19. The molecule has 0 radical (unpaired) electrons. The summed E-state index contributed by atoms with van der Waals surface area (Å²) in [6, 6.07) is 0. The highest BCUT2D eigenvalue weighted by atomic mass is 16.1. The molecule has 0 spiro atoms. The average Bonchev–Trinajstić information content (AvgIpc) is 2.07. The molecule has 2 aliphatic rings. The van der Waals surface area contributed by atoms with Crippen molar-refractivity contribution >= 4 is 6.29 Å². The van der Waals surface area contributed by atoms with Crippen molar-refractivity contribution in [3.63, 3.8) is 0 Å². The number of carbonyl (C=O) groups excluding carboxylic acids is 1. The van der Waals surface area contributed by atoms with Gasteiger partial charge < -0.3 is 4.79 Å². The molecule has 0 aromatic carbocycles. The fourth-order valence-corrected chi connectivity index (χ4v) is 1.61. The van der Waals surface area contributed by atoms with E-state index in [1.165, 1.54) is 12.8 Å². The molecule has 2 aliphatic carbocycles. The van der Waals surface area contributed by atoms with Gasteiger partial charge in [0, 0.05) is 5.92 Å². The Bertz CT molecular complexity index is 98.7. The van der Waals surface area contributed by atoms with E-state index in [9.17, 15) is 4.79 Å². The van der Waals surface area contributed by atoms with E-state index < -0.39 is 0 Å². The van der Waals surface area contributed by atoms with Crippen LogP contribution in [0.5, 0.6) is 0 Å². The number of aldehydes is 1. The second kappa shape index (κ2) is 0.908. The van der Waals surface area contributed by atoms with Gasteiger partial charge in [-0.3, -0.25) is 0 Å². The topological polar surface area (TPSA) is 17.1 Å². The van der Waals surface area contributed by atoms with Crippen molar-refractivity contribution < 1.29 is 4.79 Å². The van der Waals surface area contributed by atoms with Crippen molar-refractivity contribution in [1.29, 1.82) is 0 Å². The minimum atomic E-state index is 0.500. The molecular formula is C6H8O. The molecule has 2 fully saturated rings. The summed E-state index contributed by atoms with van der Waals surface area (Å²) in [6.07, 6.45) is 3.78. The third kappa shape index (κ3) is 0.275. The summed E-state index contributed by atoms with van der Waals surface area (Å²) in [5, 5.41) is 0. The average molecular weight is 96.1 g/mol. The molecular weight excluding hydrogens is 88.1 g/mol. The van der Waals surface area contributed by atoms with Gasteiger partial charge in [-0.05, 0) is 24.7 Å². The van der Waals surface area contributed by atoms with E-state index >= 15 is 0 Å². The van der Waals surface area contributed by atoms with Crippen molar-refractivity contribution in [3.05, 3.63) is 0 Å². The van der Waals surface area contributed by atoms with Crippen molar-refractivity contribution in [1.82, 2.24) is 0 Å². The Morgan fingerprint density at radius 1 is 1.29 bits per heavy atom. The second-order valence-corrected chi connectivity index (χ2v) is 2.62. The van der Waals surface area contributed by atoms with Crippen LogP contribution in [0.4, 0.5) is 0 Å². The molecule has 0 heterocycles. The van der Waals surface area contributed by atoms with Crippen LogP contribution in [0, 0.1) is 17.8 Å². The molecule has 0 saturated heterocycles. The molecule has 7 heavy (non-hydrogen) atoms. The second-order valence-electron chi connectivity index (χ2n) is 2.62. The molecule has 1 unspecified atom stereocenters. The van der Waals surface area contributed by atoms with Crippen LogP contribution in [-0.2, 0) is 4.79 Å². The van der Waals surface area contributed by atoms with Crippen molar-refractivity contribution in [2.75, 3.05) is 0 Å². The van der Waals surface area contributed by atoms with Gasteiger partial charge in [0.1, 0.15) is 6.29 Å². The fraction of sp³-hybridized carbons (Fsp3) is 0.833. The summed E-state index contributed by atoms with van der Waals surface area (Å²) in [4.78, 5) is 10.0. The predicted octanol–water partition coefficient (Wildman–Crippen LogP) is 0.841. The monoisotopic (exact) mass is 96.1 g/mol. The quantitative estimate of drug-likeness (QED) is 0.442. The Balaban J connectivity index is 2.06. The van der Waals surface area contributed by atoms with Crippen LogP contribution < -0.4 is 0 Å².